The summed E-state index contributed by atoms with van der Waals surface area (Å²) in [7, 11) is 0. The number of nitrogens with zero attached hydrogens (tertiary/aromatic N) is 4. The van der Waals surface area contributed by atoms with Crippen LogP contribution in [0.3, 0.4) is 0 Å². The maximum atomic E-state index is 12.5. The van der Waals surface area contributed by atoms with E-state index in [-0.39, 0.29) is 11.1 Å². The van der Waals surface area contributed by atoms with Crippen molar-refractivity contribution in [3.8, 4) is 22.8 Å². The molecule has 0 bridgehead atoms. The molecule has 3 heterocycles. The zero-order valence-corrected chi connectivity index (χ0v) is 14.4. The Morgan fingerprint density at radius 1 is 1.11 bits per heavy atom. The Balaban J connectivity index is 1.78. The molecule has 27 heavy (non-hydrogen) atoms. The van der Waals surface area contributed by atoms with Crippen LogP contribution in [0.2, 0.25) is 0 Å². The molecule has 8 heteroatoms. The molecule has 4 rings (SSSR count). The fourth-order valence-electron chi connectivity index (χ4n) is 2.94. The van der Waals surface area contributed by atoms with Gasteiger partial charge in [0.2, 0.25) is 0 Å². The van der Waals surface area contributed by atoms with Gasteiger partial charge in [-0.2, -0.15) is 4.98 Å². The minimum atomic E-state index is -0.971. The van der Waals surface area contributed by atoms with E-state index in [1.54, 1.807) is 60.4 Å². The van der Waals surface area contributed by atoms with Gasteiger partial charge in [0.1, 0.15) is 5.56 Å². The molecule has 1 aromatic heterocycles. The van der Waals surface area contributed by atoms with Crippen LogP contribution < -0.4 is 5.56 Å². The molecular weight excluding hydrogens is 346 g/mol. The van der Waals surface area contributed by atoms with Crippen LogP contribution >= 0.6 is 0 Å². The standard InChI is InChI=1S/C19H15N5O3/c1-11-15-17(21-16(22-18(15)25)13-6-8-20-9-7-13)24(23-11)10-12-2-4-14(5-3-12)19(26)27/h2-9,23H,10H2,1H3,(H,26,27). The molecule has 134 valence electrons. The number of carboxylic acid groups (broad SMARTS) is 1. The van der Waals surface area contributed by atoms with Crippen molar-refractivity contribution in [3.63, 3.8) is 0 Å². The van der Waals surface area contributed by atoms with E-state index in [9.17, 15) is 9.59 Å². The largest absolute Gasteiger partial charge is 0.478 e. The van der Waals surface area contributed by atoms with E-state index in [0.29, 0.717) is 35.0 Å². The van der Waals surface area contributed by atoms with Crippen molar-refractivity contribution in [2.24, 2.45) is 0 Å². The summed E-state index contributed by atoms with van der Waals surface area (Å²) in [5.41, 5.74) is 2.58. The van der Waals surface area contributed by atoms with Crippen LogP contribution in [0.15, 0.2) is 53.6 Å². The van der Waals surface area contributed by atoms with Crippen LogP contribution in [0.4, 0.5) is 0 Å². The van der Waals surface area contributed by atoms with Crippen LogP contribution in [0.5, 0.6) is 0 Å². The normalized spacial score (nSPS) is 11.0. The van der Waals surface area contributed by atoms with Gasteiger partial charge in [0.15, 0.2) is 11.6 Å². The summed E-state index contributed by atoms with van der Waals surface area (Å²) in [4.78, 5) is 36.1. The number of nitrogens with one attached hydrogen (secondary N) is 1. The predicted octanol–water partition coefficient (Wildman–Crippen LogP) is 2.19. The molecule has 0 unspecified atom stereocenters. The van der Waals surface area contributed by atoms with Crippen molar-refractivity contribution in [2.75, 3.05) is 0 Å². The maximum absolute atomic E-state index is 12.5. The van der Waals surface area contributed by atoms with Crippen molar-refractivity contribution < 1.29 is 9.90 Å². The molecule has 0 spiro atoms. The Bertz CT molecular complexity index is 1150. The molecule has 0 atom stereocenters. The fraction of sp³-hybridized carbons (Fsp3) is 0.105. The van der Waals surface area contributed by atoms with E-state index in [4.69, 9.17) is 5.11 Å². The van der Waals surface area contributed by atoms with Gasteiger partial charge in [-0.25, -0.2) is 9.78 Å². The number of aromatic carboxylic acids is 1. The Labute approximate surface area is 153 Å². The minimum Gasteiger partial charge on any atom is -0.478 e. The summed E-state index contributed by atoms with van der Waals surface area (Å²) in [6, 6.07) is 10.1. The highest BCUT2D eigenvalue weighted by Gasteiger charge is 2.21. The molecule has 2 N–H and O–H groups in total. The van der Waals surface area contributed by atoms with Crippen LogP contribution in [0.1, 0.15) is 21.6 Å². The molecule has 0 saturated carbocycles. The number of benzene rings is 1. The number of rotatable bonds is 4. The van der Waals surface area contributed by atoms with Crippen molar-refractivity contribution in [1.29, 1.82) is 0 Å². The first-order valence-electron chi connectivity index (χ1n) is 8.23. The van der Waals surface area contributed by atoms with Gasteiger partial charge in [-0.05, 0) is 36.8 Å². The quantitative estimate of drug-likeness (QED) is 0.576. The van der Waals surface area contributed by atoms with Gasteiger partial charge in [0.25, 0.3) is 5.56 Å². The SMILES string of the molecule is Cc1[nH]n(Cc2ccc(C(=O)O)cc2)c2nc(-c3ccncc3)nc(=O)c1-2. The van der Waals surface area contributed by atoms with Crippen LogP contribution in [0.25, 0.3) is 22.8 Å². The minimum absolute atomic E-state index is 0.223. The van der Waals surface area contributed by atoms with Crippen molar-refractivity contribution >= 4 is 5.97 Å². The third kappa shape index (κ3) is 3.08. The lowest BCUT2D eigenvalue weighted by molar-refractivity contribution is 0.0697. The lowest BCUT2D eigenvalue weighted by Gasteiger charge is -2.08. The van der Waals surface area contributed by atoms with Crippen LogP contribution in [-0.2, 0) is 6.54 Å². The molecular formula is C19H15N5O3. The second-order valence-corrected chi connectivity index (χ2v) is 6.11. The lowest BCUT2D eigenvalue weighted by atomic mass is 10.1. The number of carboxylic acids is 1. The number of carbonyl (C=O) groups is 1. The highest BCUT2D eigenvalue weighted by molar-refractivity contribution is 5.87. The number of H-pyrrole nitrogens is 1. The van der Waals surface area contributed by atoms with Gasteiger partial charge in [0, 0.05) is 23.7 Å². The average Bonchev–Trinajstić information content (AvgIpc) is 2.99. The van der Waals surface area contributed by atoms with E-state index >= 15 is 0 Å². The van der Waals surface area contributed by atoms with E-state index < -0.39 is 5.97 Å². The van der Waals surface area contributed by atoms with Crippen LogP contribution in [-0.4, -0.2) is 35.8 Å². The first kappa shape index (κ1) is 16.6. The molecule has 0 fully saturated rings. The second-order valence-electron chi connectivity index (χ2n) is 6.11. The van der Waals surface area contributed by atoms with Gasteiger partial charge in [-0.3, -0.25) is 14.5 Å². The Morgan fingerprint density at radius 2 is 1.81 bits per heavy atom. The van der Waals surface area contributed by atoms with Gasteiger partial charge < -0.3 is 10.2 Å². The second kappa shape index (κ2) is 6.49. The third-order valence-electron chi connectivity index (χ3n) is 4.27. The van der Waals surface area contributed by atoms with Gasteiger partial charge >= 0.3 is 5.97 Å². The summed E-state index contributed by atoms with van der Waals surface area (Å²) >= 11 is 0. The highest BCUT2D eigenvalue weighted by Crippen LogP contribution is 2.23. The van der Waals surface area contributed by atoms with Crippen molar-refractivity contribution in [1.82, 2.24) is 24.7 Å². The lowest BCUT2D eigenvalue weighted by Crippen LogP contribution is -2.15. The van der Waals surface area contributed by atoms with E-state index in [2.05, 4.69) is 20.1 Å². The van der Waals surface area contributed by atoms with Crippen molar-refractivity contribution in [3.05, 3.63) is 76.0 Å². The first-order chi connectivity index (χ1) is 13.0. The predicted molar refractivity (Wildman–Crippen MR) is 97.7 cm³/mol. The molecule has 0 saturated heterocycles. The van der Waals surface area contributed by atoms with Gasteiger partial charge in [-0.1, -0.05) is 12.1 Å². The number of hydrogen-bond donors (Lipinski definition) is 2. The molecule has 0 amide bonds. The Kier molecular flexibility index (Phi) is 4.00. The van der Waals surface area contributed by atoms with E-state index in [1.165, 1.54) is 0 Å². The summed E-state index contributed by atoms with van der Waals surface area (Å²) in [6.45, 7) is 2.21. The zero-order valence-electron chi connectivity index (χ0n) is 14.4. The summed E-state index contributed by atoms with van der Waals surface area (Å²) < 4.78 is 1.76. The first-order valence-corrected chi connectivity index (χ1v) is 8.23. The van der Waals surface area contributed by atoms with E-state index in [0.717, 1.165) is 5.56 Å². The average molecular weight is 361 g/mol. The highest BCUT2D eigenvalue weighted by atomic mass is 16.4. The summed E-state index contributed by atoms with van der Waals surface area (Å²) in [5.74, 6) is -0.133. The fourth-order valence-corrected chi connectivity index (χ4v) is 2.94. The smallest absolute Gasteiger partial charge is 0.335 e. The molecule has 1 aromatic carbocycles. The summed E-state index contributed by atoms with van der Waals surface area (Å²) in [5, 5.41) is 12.2. The monoisotopic (exact) mass is 361 g/mol. The topological polar surface area (TPSA) is 114 Å². The molecule has 8 nitrogen and oxygen atoms in total. The zero-order chi connectivity index (χ0) is 19.0. The molecule has 2 aliphatic heterocycles. The van der Waals surface area contributed by atoms with E-state index in [1.807, 2.05) is 0 Å². The van der Waals surface area contributed by atoms with Crippen LogP contribution in [0, 0.1) is 6.92 Å². The Hall–Kier alpha value is -3.81. The molecule has 2 aromatic rings. The maximum Gasteiger partial charge on any atom is 0.335 e. The number of aryl methyl sites for hydroxylation is 1. The number of pyridine rings is 1. The van der Waals surface area contributed by atoms with Gasteiger partial charge in [-0.15, -0.1) is 0 Å². The number of hydrogen-bond acceptors (Lipinski definition) is 5. The molecule has 0 radical (unpaired) electrons. The molecule has 2 aliphatic rings. The number of aromatic nitrogens is 5. The third-order valence-corrected chi connectivity index (χ3v) is 4.27. The summed E-state index contributed by atoms with van der Waals surface area (Å²) in [6.07, 6.45) is 3.24. The number of fused-ring (bicyclic) bond motifs is 1. The van der Waals surface area contributed by atoms with Crippen molar-refractivity contribution in [2.45, 2.75) is 13.5 Å². The molecule has 0 aliphatic carbocycles. The number of aromatic amines is 1. The Morgan fingerprint density at radius 3 is 2.48 bits per heavy atom. The van der Waals surface area contributed by atoms with Gasteiger partial charge in [0.05, 0.1) is 12.1 Å².